The monoisotopic (exact) mass is 402 g/mol. The molecule has 0 fully saturated rings. The van der Waals surface area contributed by atoms with Gasteiger partial charge in [0, 0.05) is 25.2 Å². The summed E-state index contributed by atoms with van der Waals surface area (Å²) in [6, 6.07) is 8.25. The Kier molecular flexibility index (Phi) is 5.84. The fourth-order valence-electron chi connectivity index (χ4n) is 3.12. The second kappa shape index (κ2) is 8.31. The van der Waals surface area contributed by atoms with Crippen molar-refractivity contribution in [3.05, 3.63) is 68.2 Å². The molecule has 0 radical (unpaired) electrons. The quantitative estimate of drug-likeness (QED) is 0.431. The summed E-state index contributed by atoms with van der Waals surface area (Å²) >= 11 is 5.81. The number of benzene rings is 2. The molecule has 0 bridgehead atoms. The highest BCUT2D eigenvalue weighted by atomic mass is 35.5. The van der Waals surface area contributed by atoms with Gasteiger partial charge in [0.05, 0.1) is 19.1 Å². The number of nitrogens with zero attached hydrogens (tertiary/aromatic N) is 2. The van der Waals surface area contributed by atoms with Crippen molar-refractivity contribution in [2.75, 3.05) is 20.8 Å². The first kappa shape index (κ1) is 19.7. The van der Waals surface area contributed by atoms with Crippen LogP contribution in [0.2, 0.25) is 5.02 Å². The molecule has 0 spiro atoms. The number of methoxy groups -OCH3 is 2. The molecule has 8 heteroatoms. The summed E-state index contributed by atoms with van der Waals surface area (Å²) < 4.78 is 10.7. The van der Waals surface area contributed by atoms with E-state index < -0.39 is 4.92 Å². The van der Waals surface area contributed by atoms with Gasteiger partial charge in [-0.2, -0.15) is 0 Å². The first-order valence-electron chi connectivity index (χ1n) is 8.57. The summed E-state index contributed by atoms with van der Waals surface area (Å²) in [5.74, 6) is 1.13. The normalized spacial score (nSPS) is 13.3. The lowest BCUT2D eigenvalue weighted by molar-refractivity contribution is -0.384. The van der Waals surface area contributed by atoms with Gasteiger partial charge in [-0.1, -0.05) is 17.7 Å². The second-order valence-electron chi connectivity index (χ2n) is 6.29. The molecule has 0 aromatic heterocycles. The minimum Gasteiger partial charge on any atom is -0.493 e. The van der Waals surface area contributed by atoms with Crippen LogP contribution in [0.15, 0.2) is 36.4 Å². The van der Waals surface area contributed by atoms with Crippen molar-refractivity contribution in [2.45, 2.75) is 13.0 Å². The standard InChI is InChI=1S/C20H19ClN2O5/c1-27-18-10-14-7-8-22(12-15(14)11-19(18)28-2)20(24)6-4-13-3-5-16(21)17(9-13)23(25)26/h3-6,9-11H,7-8,12H2,1-2H3. The van der Waals surface area contributed by atoms with E-state index >= 15 is 0 Å². The SMILES string of the molecule is COc1cc2c(cc1OC)CN(C(=O)C=Cc1ccc(Cl)c([N+](=O)[O-])c1)CC2. The maximum atomic E-state index is 12.6. The second-order valence-corrected chi connectivity index (χ2v) is 6.69. The molecule has 3 rings (SSSR count). The summed E-state index contributed by atoms with van der Waals surface area (Å²) in [5.41, 5.74) is 2.48. The van der Waals surface area contributed by atoms with Gasteiger partial charge in [0.15, 0.2) is 11.5 Å². The zero-order valence-electron chi connectivity index (χ0n) is 15.5. The fraction of sp³-hybridized carbons (Fsp3) is 0.250. The molecular formula is C20H19ClN2O5. The van der Waals surface area contributed by atoms with Crippen LogP contribution in [-0.2, 0) is 17.8 Å². The van der Waals surface area contributed by atoms with E-state index in [1.807, 2.05) is 12.1 Å². The molecule has 1 heterocycles. The largest absolute Gasteiger partial charge is 0.493 e. The number of nitro groups is 1. The van der Waals surface area contributed by atoms with Crippen LogP contribution in [0, 0.1) is 10.1 Å². The number of rotatable bonds is 5. The topological polar surface area (TPSA) is 81.9 Å². The molecule has 0 N–H and O–H groups in total. The van der Waals surface area contributed by atoms with E-state index in [-0.39, 0.29) is 16.6 Å². The highest BCUT2D eigenvalue weighted by molar-refractivity contribution is 6.32. The van der Waals surface area contributed by atoms with Gasteiger partial charge in [-0.15, -0.1) is 0 Å². The van der Waals surface area contributed by atoms with Gasteiger partial charge in [-0.3, -0.25) is 14.9 Å². The molecule has 0 aliphatic carbocycles. The van der Waals surface area contributed by atoms with E-state index in [1.165, 1.54) is 18.2 Å². The van der Waals surface area contributed by atoms with Gasteiger partial charge in [0.1, 0.15) is 5.02 Å². The number of hydrogen-bond donors (Lipinski definition) is 0. The summed E-state index contributed by atoms with van der Waals surface area (Å²) in [4.78, 5) is 24.7. The van der Waals surface area contributed by atoms with Gasteiger partial charge in [-0.25, -0.2) is 0 Å². The number of halogens is 1. The number of fused-ring (bicyclic) bond motifs is 1. The third-order valence-electron chi connectivity index (χ3n) is 4.61. The van der Waals surface area contributed by atoms with Gasteiger partial charge in [0.25, 0.3) is 5.69 Å². The minimum atomic E-state index is -0.551. The van der Waals surface area contributed by atoms with Crippen LogP contribution in [0.4, 0.5) is 5.69 Å². The predicted octanol–water partition coefficient (Wildman–Crippen LogP) is 3.86. The van der Waals surface area contributed by atoms with E-state index in [9.17, 15) is 14.9 Å². The molecule has 2 aromatic carbocycles. The van der Waals surface area contributed by atoms with Crippen LogP contribution >= 0.6 is 11.6 Å². The number of carbonyl (C=O) groups excluding carboxylic acids is 1. The molecule has 7 nitrogen and oxygen atoms in total. The van der Waals surface area contributed by atoms with Gasteiger partial charge in [0.2, 0.25) is 5.91 Å². The van der Waals surface area contributed by atoms with Crippen LogP contribution < -0.4 is 9.47 Å². The Hall–Kier alpha value is -3.06. The van der Waals surface area contributed by atoms with Crippen molar-refractivity contribution < 1.29 is 19.2 Å². The Labute approximate surface area is 167 Å². The Bertz CT molecular complexity index is 958. The Morgan fingerprint density at radius 1 is 1.18 bits per heavy atom. The van der Waals surface area contributed by atoms with Crippen molar-refractivity contribution in [3.8, 4) is 11.5 Å². The zero-order chi connectivity index (χ0) is 20.3. The fourth-order valence-corrected chi connectivity index (χ4v) is 3.30. The first-order chi connectivity index (χ1) is 13.4. The number of nitro benzene ring substituents is 1. The molecule has 0 atom stereocenters. The first-order valence-corrected chi connectivity index (χ1v) is 8.95. The summed E-state index contributed by atoms with van der Waals surface area (Å²) in [6.07, 6.45) is 3.68. The molecule has 1 amide bonds. The summed E-state index contributed by atoms with van der Waals surface area (Å²) in [7, 11) is 3.17. The van der Waals surface area contributed by atoms with Crippen molar-refractivity contribution in [1.29, 1.82) is 0 Å². The highest BCUT2D eigenvalue weighted by Crippen LogP contribution is 2.33. The van der Waals surface area contributed by atoms with Crippen molar-refractivity contribution in [3.63, 3.8) is 0 Å². The lowest BCUT2D eigenvalue weighted by Crippen LogP contribution is -2.34. The Morgan fingerprint density at radius 2 is 1.86 bits per heavy atom. The average molecular weight is 403 g/mol. The molecule has 0 unspecified atom stereocenters. The van der Waals surface area contributed by atoms with Crippen molar-refractivity contribution in [1.82, 2.24) is 4.90 Å². The highest BCUT2D eigenvalue weighted by Gasteiger charge is 2.21. The van der Waals surface area contributed by atoms with E-state index in [0.717, 1.165) is 11.1 Å². The lowest BCUT2D eigenvalue weighted by atomic mass is 9.98. The van der Waals surface area contributed by atoms with E-state index in [0.29, 0.717) is 36.6 Å². The van der Waals surface area contributed by atoms with Gasteiger partial charge < -0.3 is 14.4 Å². The van der Waals surface area contributed by atoms with Crippen LogP contribution in [0.3, 0.4) is 0 Å². The third-order valence-corrected chi connectivity index (χ3v) is 4.93. The molecule has 28 heavy (non-hydrogen) atoms. The Balaban J connectivity index is 1.75. The minimum absolute atomic E-state index is 0.0606. The maximum Gasteiger partial charge on any atom is 0.288 e. The summed E-state index contributed by atoms with van der Waals surface area (Å²) in [5, 5.41) is 11.0. The van der Waals surface area contributed by atoms with E-state index in [2.05, 4.69) is 0 Å². The molecular weight excluding hydrogens is 384 g/mol. The van der Waals surface area contributed by atoms with Crippen LogP contribution in [0.25, 0.3) is 6.08 Å². The van der Waals surface area contributed by atoms with Gasteiger partial charge in [-0.05, 0) is 47.4 Å². The van der Waals surface area contributed by atoms with Crippen LogP contribution in [-0.4, -0.2) is 36.5 Å². The molecule has 1 aliphatic rings. The van der Waals surface area contributed by atoms with E-state index in [1.54, 1.807) is 31.3 Å². The van der Waals surface area contributed by atoms with Crippen molar-refractivity contribution in [2.24, 2.45) is 0 Å². The molecule has 2 aromatic rings. The average Bonchev–Trinajstić information content (AvgIpc) is 2.71. The number of carbonyl (C=O) groups is 1. The predicted molar refractivity (Wildman–Crippen MR) is 106 cm³/mol. The van der Waals surface area contributed by atoms with Crippen LogP contribution in [0.1, 0.15) is 16.7 Å². The molecule has 0 saturated carbocycles. The molecule has 0 saturated heterocycles. The van der Waals surface area contributed by atoms with Crippen LogP contribution in [0.5, 0.6) is 11.5 Å². The van der Waals surface area contributed by atoms with E-state index in [4.69, 9.17) is 21.1 Å². The Morgan fingerprint density at radius 3 is 2.50 bits per heavy atom. The van der Waals surface area contributed by atoms with Gasteiger partial charge >= 0.3 is 0 Å². The number of amides is 1. The third kappa shape index (κ3) is 4.09. The lowest BCUT2D eigenvalue weighted by Gasteiger charge is -2.28. The smallest absolute Gasteiger partial charge is 0.288 e. The van der Waals surface area contributed by atoms with Crippen molar-refractivity contribution >= 4 is 29.3 Å². The summed E-state index contributed by atoms with van der Waals surface area (Å²) in [6.45, 7) is 1.03. The maximum absolute atomic E-state index is 12.6. The number of ether oxygens (including phenoxy) is 2. The zero-order valence-corrected chi connectivity index (χ0v) is 16.2. The molecule has 146 valence electrons. The number of hydrogen-bond acceptors (Lipinski definition) is 5. The molecule has 1 aliphatic heterocycles.